The van der Waals surface area contributed by atoms with E-state index in [4.69, 9.17) is 0 Å². The maximum Gasteiger partial charge on any atom is 0.264 e. The molecule has 7 heteroatoms. The maximum atomic E-state index is 11.9. The van der Waals surface area contributed by atoms with Crippen LogP contribution < -0.4 is 10.3 Å². The average molecular weight is 267 g/mol. The summed E-state index contributed by atoms with van der Waals surface area (Å²) in [5, 5.41) is 4.91. The van der Waals surface area contributed by atoms with Crippen molar-refractivity contribution in [3.63, 3.8) is 0 Å². The number of H-pyrrole nitrogens is 2. The van der Waals surface area contributed by atoms with Crippen LogP contribution in [0, 0.1) is 6.92 Å². The highest BCUT2D eigenvalue weighted by atomic mass is 32.2. The topological polar surface area (TPSA) is 94.8 Å². The Bertz CT molecular complexity index is 683. The Morgan fingerprint density at radius 1 is 1.17 bits per heavy atom. The quantitative estimate of drug-likeness (QED) is 0.752. The lowest BCUT2D eigenvalue weighted by molar-refractivity contribution is 0.580. The number of sulfonamides is 1. The lowest BCUT2D eigenvalue weighted by Crippen LogP contribution is -2.23. The van der Waals surface area contributed by atoms with Crippen LogP contribution in [0.15, 0.2) is 40.0 Å². The molecule has 0 amide bonds. The van der Waals surface area contributed by atoms with Crippen molar-refractivity contribution >= 4 is 10.0 Å². The normalized spacial score (nSPS) is 11.6. The van der Waals surface area contributed by atoms with Crippen LogP contribution >= 0.6 is 0 Å². The van der Waals surface area contributed by atoms with Gasteiger partial charge in [0, 0.05) is 6.07 Å². The van der Waals surface area contributed by atoms with E-state index in [2.05, 4.69) is 14.9 Å². The SMILES string of the molecule is Cc1ccc(S(=O)(=O)NCc2cc(=O)[nH][nH]2)cc1. The molecule has 0 aliphatic rings. The maximum absolute atomic E-state index is 11.9. The Balaban J connectivity index is 2.12. The molecule has 0 bridgehead atoms. The molecule has 0 saturated heterocycles. The van der Waals surface area contributed by atoms with Crippen LogP contribution in [-0.4, -0.2) is 18.6 Å². The number of hydrogen-bond donors (Lipinski definition) is 3. The Morgan fingerprint density at radius 2 is 1.83 bits per heavy atom. The molecular weight excluding hydrogens is 254 g/mol. The third-order valence-electron chi connectivity index (χ3n) is 2.44. The van der Waals surface area contributed by atoms with Crippen LogP contribution in [0.3, 0.4) is 0 Å². The number of hydrogen-bond acceptors (Lipinski definition) is 3. The van der Waals surface area contributed by atoms with E-state index in [9.17, 15) is 13.2 Å². The summed E-state index contributed by atoms with van der Waals surface area (Å²) in [6, 6.07) is 7.84. The minimum Gasteiger partial charge on any atom is -0.301 e. The van der Waals surface area contributed by atoms with Crippen LogP contribution in [-0.2, 0) is 16.6 Å². The molecule has 18 heavy (non-hydrogen) atoms. The molecule has 1 aromatic carbocycles. The molecule has 96 valence electrons. The fourth-order valence-corrected chi connectivity index (χ4v) is 2.45. The van der Waals surface area contributed by atoms with Crippen molar-refractivity contribution in [1.29, 1.82) is 0 Å². The number of nitrogens with one attached hydrogen (secondary N) is 3. The first-order valence-electron chi connectivity index (χ1n) is 5.30. The van der Waals surface area contributed by atoms with Crippen molar-refractivity contribution in [2.45, 2.75) is 18.4 Å². The zero-order valence-corrected chi connectivity index (χ0v) is 10.5. The summed E-state index contributed by atoms with van der Waals surface area (Å²) < 4.78 is 26.2. The van der Waals surface area contributed by atoms with Gasteiger partial charge in [-0.3, -0.25) is 9.89 Å². The standard InChI is InChI=1S/C11H13N3O3S/c1-8-2-4-10(5-3-8)18(16,17)12-7-9-6-11(15)14-13-9/h2-6,12H,7H2,1H3,(H2,13,14,15). The van der Waals surface area contributed by atoms with Gasteiger partial charge in [0.25, 0.3) is 5.56 Å². The molecule has 0 aliphatic carbocycles. The number of benzene rings is 1. The summed E-state index contributed by atoms with van der Waals surface area (Å²) in [7, 11) is -3.55. The van der Waals surface area contributed by atoms with Gasteiger partial charge in [-0.2, -0.15) is 0 Å². The van der Waals surface area contributed by atoms with Crippen LogP contribution in [0.5, 0.6) is 0 Å². The minimum atomic E-state index is -3.55. The van der Waals surface area contributed by atoms with Crippen LogP contribution in [0.25, 0.3) is 0 Å². The Hall–Kier alpha value is -1.86. The van der Waals surface area contributed by atoms with E-state index in [1.807, 2.05) is 6.92 Å². The molecule has 0 radical (unpaired) electrons. The van der Waals surface area contributed by atoms with Gasteiger partial charge in [-0.25, -0.2) is 13.1 Å². The summed E-state index contributed by atoms with van der Waals surface area (Å²) in [5.41, 5.74) is 1.18. The predicted molar refractivity (Wildman–Crippen MR) is 66.6 cm³/mol. The first kappa shape index (κ1) is 12.6. The monoisotopic (exact) mass is 267 g/mol. The molecule has 2 aromatic rings. The number of aryl methyl sites for hydroxylation is 1. The van der Waals surface area contributed by atoms with E-state index < -0.39 is 10.0 Å². The molecule has 0 saturated carbocycles. The first-order valence-corrected chi connectivity index (χ1v) is 6.78. The lowest BCUT2D eigenvalue weighted by Gasteiger charge is -2.05. The van der Waals surface area contributed by atoms with Gasteiger partial charge in [-0.1, -0.05) is 17.7 Å². The minimum absolute atomic E-state index is 0.0367. The van der Waals surface area contributed by atoms with Gasteiger partial charge in [0.05, 0.1) is 17.1 Å². The molecule has 0 atom stereocenters. The number of rotatable bonds is 4. The Labute approximate surface area is 104 Å². The highest BCUT2D eigenvalue weighted by Gasteiger charge is 2.13. The second-order valence-electron chi connectivity index (χ2n) is 3.92. The molecule has 0 aliphatic heterocycles. The molecule has 0 unspecified atom stereocenters. The van der Waals surface area contributed by atoms with E-state index in [0.29, 0.717) is 5.69 Å². The van der Waals surface area contributed by atoms with Crippen LogP contribution in [0.2, 0.25) is 0 Å². The third kappa shape index (κ3) is 2.88. The zero-order valence-electron chi connectivity index (χ0n) is 9.73. The summed E-state index contributed by atoms with van der Waals surface area (Å²) >= 11 is 0. The van der Waals surface area contributed by atoms with Gasteiger partial charge in [0.2, 0.25) is 10.0 Å². The van der Waals surface area contributed by atoms with Gasteiger partial charge in [0.15, 0.2) is 0 Å². The average Bonchev–Trinajstić information content (AvgIpc) is 2.73. The van der Waals surface area contributed by atoms with E-state index in [1.54, 1.807) is 12.1 Å². The first-order chi connectivity index (χ1) is 8.47. The Morgan fingerprint density at radius 3 is 2.39 bits per heavy atom. The van der Waals surface area contributed by atoms with Crippen molar-refractivity contribution in [1.82, 2.24) is 14.9 Å². The summed E-state index contributed by atoms with van der Waals surface area (Å²) in [6.45, 7) is 1.92. The van der Waals surface area contributed by atoms with E-state index in [-0.39, 0.29) is 17.0 Å². The molecule has 1 heterocycles. The second-order valence-corrected chi connectivity index (χ2v) is 5.69. The van der Waals surface area contributed by atoms with Gasteiger partial charge in [-0.05, 0) is 19.1 Å². The van der Waals surface area contributed by atoms with Gasteiger partial charge in [0.1, 0.15) is 0 Å². The van der Waals surface area contributed by atoms with E-state index in [1.165, 1.54) is 18.2 Å². The smallest absolute Gasteiger partial charge is 0.264 e. The van der Waals surface area contributed by atoms with Crippen molar-refractivity contribution in [3.05, 3.63) is 51.9 Å². The molecular formula is C11H13N3O3S. The predicted octanol–water partition coefficient (Wildman–Crippen LogP) is 0.490. The fraction of sp³-hybridized carbons (Fsp3) is 0.182. The van der Waals surface area contributed by atoms with Crippen LogP contribution in [0.1, 0.15) is 11.3 Å². The molecule has 0 fully saturated rings. The van der Waals surface area contributed by atoms with Gasteiger partial charge < -0.3 is 5.10 Å². The highest BCUT2D eigenvalue weighted by molar-refractivity contribution is 7.89. The fourth-order valence-electron chi connectivity index (χ4n) is 1.44. The Kier molecular flexibility index (Phi) is 3.35. The number of aromatic nitrogens is 2. The molecule has 1 aromatic heterocycles. The highest BCUT2D eigenvalue weighted by Crippen LogP contribution is 2.10. The third-order valence-corrected chi connectivity index (χ3v) is 3.85. The van der Waals surface area contributed by atoms with E-state index in [0.717, 1.165) is 5.56 Å². The lowest BCUT2D eigenvalue weighted by atomic mass is 10.2. The molecule has 2 rings (SSSR count). The van der Waals surface area contributed by atoms with Crippen molar-refractivity contribution in [3.8, 4) is 0 Å². The summed E-state index contributed by atoms with van der Waals surface area (Å²) in [4.78, 5) is 11.1. The second kappa shape index (κ2) is 4.79. The molecule has 3 N–H and O–H groups in total. The van der Waals surface area contributed by atoms with Gasteiger partial charge >= 0.3 is 0 Å². The summed E-state index contributed by atoms with van der Waals surface area (Å²) in [5.74, 6) is 0. The van der Waals surface area contributed by atoms with Crippen molar-refractivity contribution < 1.29 is 8.42 Å². The van der Waals surface area contributed by atoms with Gasteiger partial charge in [-0.15, -0.1) is 0 Å². The summed E-state index contributed by atoms with van der Waals surface area (Å²) in [6.07, 6.45) is 0. The number of aromatic amines is 2. The largest absolute Gasteiger partial charge is 0.301 e. The molecule has 6 nitrogen and oxygen atoms in total. The van der Waals surface area contributed by atoms with Crippen molar-refractivity contribution in [2.24, 2.45) is 0 Å². The van der Waals surface area contributed by atoms with Crippen LogP contribution in [0.4, 0.5) is 0 Å². The zero-order chi connectivity index (χ0) is 13.2. The van der Waals surface area contributed by atoms with E-state index >= 15 is 0 Å². The van der Waals surface area contributed by atoms with Crippen molar-refractivity contribution in [2.75, 3.05) is 0 Å². The molecule has 0 spiro atoms.